The summed E-state index contributed by atoms with van der Waals surface area (Å²) in [6.07, 6.45) is 4.94. The highest BCUT2D eigenvalue weighted by molar-refractivity contribution is 8.13. The predicted molar refractivity (Wildman–Crippen MR) is 75.9 cm³/mol. The van der Waals surface area contributed by atoms with Crippen molar-refractivity contribution in [2.75, 3.05) is 0 Å². The molecule has 1 aromatic heterocycles. The third kappa shape index (κ3) is 4.18. The second-order valence-electron chi connectivity index (χ2n) is 4.68. The van der Waals surface area contributed by atoms with Crippen molar-refractivity contribution in [2.45, 2.75) is 70.5 Å². The van der Waals surface area contributed by atoms with Gasteiger partial charge < -0.3 is 4.57 Å². The van der Waals surface area contributed by atoms with Crippen LogP contribution in [0.5, 0.6) is 0 Å². The van der Waals surface area contributed by atoms with Gasteiger partial charge in [-0.25, -0.2) is 8.42 Å². The molecule has 0 saturated carbocycles. The van der Waals surface area contributed by atoms with Crippen LogP contribution in [0.4, 0.5) is 0 Å². The highest BCUT2D eigenvalue weighted by atomic mass is 35.7. The van der Waals surface area contributed by atoms with Crippen LogP contribution >= 0.6 is 10.7 Å². The third-order valence-electron chi connectivity index (χ3n) is 3.17. The molecule has 0 N–H and O–H groups in total. The lowest BCUT2D eigenvalue weighted by Crippen LogP contribution is -2.12. The quantitative estimate of drug-likeness (QED) is 0.691. The van der Waals surface area contributed by atoms with Crippen molar-refractivity contribution in [1.29, 1.82) is 0 Å². The van der Waals surface area contributed by atoms with Crippen LogP contribution in [-0.4, -0.2) is 23.2 Å². The van der Waals surface area contributed by atoms with Gasteiger partial charge in [-0.15, -0.1) is 10.2 Å². The molecule has 1 aromatic rings. The molecule has 1 atom stereocenters. The molecule has 19 heavy (non-hydrogen) atoms. The normalized spacial score (nSPS) is 13.7. The highest BCUT2D eigenvalue weighted by Gasteiger charge is 2.25. The summed E-state index contributed by atoms with van der Waals surface area (Å²) in [4.78, 5) is 0. The zero-order valence-corrected chi connectivity index (χ0v) is 13.3. The van der Waals surface area contributed by atoms with Crippen molar-refractivity contribution in [2.24, 2.45) is 0 Å². The first-order valence-corrected chi connectivity index (χ1v) is 9.14. The van der Waals surface area contributed by atoms with E-state index >= 15 is 0 Å². The maximum absolute atomic E-state index is 11.5. The molecule has 110 valence electrons. The zero-order chi connectivity index (χ0) is 14.5. The monoisotopic (exact) mass is 307 g/mol. The van der Waals surface area contributed by atoms with Crippen LogP contribution in [-0.2, 0) is 15.6 Å². The van der Waals surface area contributed by atoms with E-state index in [-0.39, 0.29) is 11.1 Å². The van der Waals surface area contributed by atoms with Gasteiger partial charge >= 0.3 is 0 Å². The standard InChI is InChI=1S/C12H22ClN3O2S/c1-4-7-8-10(6-3)11-14-15-12(19(13,17)18)16(11)9-5-2/h10H,4-9H2,1-3H3. The van der Waals surface area contributed by atoms with E-state index in [1.807, 2.05) is 6.92 Å². The molecule has 0 amide bonds. The van der Waals surface area contributed by atoms with Crippen molar-refractivity contribution in [3.63, 3.8) is 0 Å². The Bertz CT molecular complexity index is 499. The number of rotatable bonds is 8. The molecule has 0 aliphatic carbocycles. The lowest BCUT2D eigenvalue weighted by atomic mass is 9.98. The fraction of sp³-hybridized carbons (Fsp3) is 0.833. The first-order chi connectivity index (χ1) is 8.95. The van der Waals surface area contributed by atoms with E-state index in [4.69, 9.17) is 10.7 Å². The van der Waals surface area contributed by atoms with E-state index in [0.717, 1.165) is 37.9 Å². The summed E-state index contributed by atoms with van der Waals surface area (Å²) in [5, 5.41) is 7.73. The number of hydrogen-bond acceptors (Lipinski definition) is 4. The molecule has 0 bridgehead atoms. The lowest BCUT2D eigenvalue weighted by Gasteiger charge is -2.15. The maximum Gasteiger partial charge on any atom is 0.296 e. The molecule has 1 unspecified atom stereocenters. The number of halogens is 1. The van der Waals surface area contributed by atoms with Gasteiger partial charge in [-0.05, 0) is 19.3 Å². The number of hydrogen-bond donors (Lipinski definition) is 0. The molecule has 0 aliphatic heterocycles. The molecule has 0 spiro atoms. The van der Waals surface area contributed by atoms with Crippen molar-refractivity contribution < 1.29 is 8.42 Å². The van der Waals surface area contributed by atoms with Crippen LogP contribution < -0.4 is 0 Å². The Labute approximate surface area is 119 Å². The average Bonchev–Trinajstić information content (AvgIpc) is 2.75. The summed E-state index contributed by atoms with van der Waals surface area (Å²) in [7, 11) is 1.58. The summed E-state index contributed by atoms with van der Waals surface area (Å²) in [6.45, 7) is 6.78. The van der Waals surface area contributed by atoms with Gasteiger partial charge in [-0.3, -0.25) is 0 Å². The second kappa shape index (κ2) is 7.24. The summed E-state index contributed by atoms with van der Waals surface area (Å²) >= 11 is 0. The molecule has 5 nitrogen and oxygen atoms in total. The van der Waals surface area contributed by atoms with Crippen LogP contribution in [0.3, 0.4) is 0 Å². The summed E-state index contributed by atoms with van der Waals surface area (Å²) in [6, 6.07) is 0. The predicted octanol–water partition coefficient (Wildman–Crippen LogP) is 3.30. The largest absolute Gasteiger partial charge is 0.301 e. The van der Waals surface area contributed by atoms with Crippen LogP contribution in [0, 0.1) is 0 Å². The molecule has 7 heteroatoms. The van der Waals surface area contributed by atoms with Crippen molar-refractivity contribution in [3.05, 3.63) is 5.82 Å². The Morgan fingerprint density at radius 1 is 1.21 bits per heavy atom. The molecule has 1 rings (SSSR count). The van der Waals surface area contributed by atoms with Gasteiger partial charge in [0.2, 0.25) is 0 Å². The third-order valence-corrected chi connectivity index (χ3v) is 4.33. The van der Waals surface area contributed by atoms with Gasteiger partial charge in [-0.1, -0.05) is 33.6 Å². The summed E-state index contributed by atoms with van der Waals surface area (Å²) in [5.41, 5.74) is 0. The van der Waals surface area contributed by atoms with Gasteiger partial charge in [0, 0.05) is 23.1 Å². The van der Waals surface area contributed by atoms with E-state index < -0.39 is 9.05 Å². The van der Waals surface area contributed by atoms with Crippen LogP contribution in [0.15, 0.2) is 5.16 Å². The average molecular weight is 308 g/mol. The lowest BCUT2D eigenvalue weighted by molar-refractivity contribution is 0.490. The summed E-state index contributed by atoms with van der Waals surface area (Å²) < 4.78 is 24.7. The summed E-state index contributed by atoms with van der Waals surface area (Å²) in [5.74, 6) is 0.989. The SMILES string of the molecule is CCCCC(CC)c1nnc(S(=O)(=O)Cl)n1CCC. The van der Waals surface area contributed by atoms with Crippen LogP contribution in [0.2, 0.25) is 0 Å². The van der Waals surface area contributed by atoms with Crippen molar-refractivity contribution in [1.82, 2.24) is 14.8 Å². The van der Waals surface area contributed by atoms with E-state index in [2.05, 4.69) is 24.0 Å². The van der Waals surface area contributed by atoms with E-state index in [1.54, 1.807) is 4.57 Å². The van der Waals surface area contributed by atoms with E-state index in [9.17, 15) is 8.42 Å². The number of unbranched alkanes of at least 4 members (excludes halogenated alkanes) is 1. The molecule has 0 fully saturated rings. The zero-order valence-electron chi connectivity index (χ0n) is 11.8. The smallest absolute Gasteiger partial charge is 0.296 e. The Morgan fingerprint density at radius 2 is 1.89 bits per heavy atom. The minimum atomic E-state index is -3.84. The Hall–Kier alpha value is -0.620. The van der Waals surface area contributed by atoms with E-state index in [0.29, 0.717) is 6.54 Å². The Kier molecular flexibility index (Phi) is 6.26. The van der Waals surface area contributed by atoms with Gasteiger partial charge in [0.25, 0.3) is 14.2 Å². The first-order valence-electron chi connectivity index (χ1n) is 6.83. The van der Waals surface area contributed by atoms with Gasteiger partial charge in [-0.2, -0.15) is 0 Å². The molecule has 0 aliphatic rings. The Balaban J connectivity index is 3.16. The molecule has 0 aromatic carbocycles. The Morgan fingerprint density at radius 3 is 2.37 bits per heavy atom. The number of aromatic nitrogens is 3. The van der Waals surface area contributed by atoms with Gasteiger partial charge in [0.1, 0.15) is 5.82 Å². The van der Waals surface area contributed by atoms with Crippen LogP contribution in [0.1, 0.15) is 64.6 Å². The second-order valence-corrected chi connectivity index (χ2v) is 7.14. The molecular formula is C12H22ClN3O2S. The fourth-order valence-corrected chi connectivity index (χ4v) is 3.11. The van der Waals surface area contributed by atoms with Crippen molar-refractivity contribution in [3.8, 4) is 0 Å². The van der Waals surface area contributed by atoms with Gasteiger partial charge in [0.15, 0.2) is 0 Å². The molecule has 1 heterocycles. The highest BCUT2D eigenvalue weighted by Crippen LogP contribution is 2.26. The van der Waals surface area contributed by atoms with E-state index in [1.165, 1.54) is 0 Å². The maximum atomic E-state index is 11.5. The number of nitrogens with zero attached hydrogens (tertiary/aromatic N) is 3. The molecule has 0 saturated heterocycles. The molecular weight excluding hydrogens is 286 g/mol. The fourth-order valence-electron chi connectivity index (χ4n) is 2.18. The minimum Gasteiger partial charge on any atom is -0.301 e. The van der Waals surface area contributed by atoms with Gasteiger partial charge in [0.05, 0.1) is 0 Å². The van der Waals surface area contributed by atoms with Crippen LogP contribution in [0.25, 0.3) is 0 Å². The topological polar surface area (TPSA) is 64.8 Å². The van der Waals surface area contributed by atoms with Crippen molar-refractivity contribution >= 4 is 19.7 Å². The minimum absolute atomic E-state index is 0.124. The molecule has 0 radical (unpaired) electrons. The first kappa shape index (κ1) is 16.4.